The molecule has 1 aliphatic rings. The molecule has 0 unspecified atom stereocenters. The number of carbonyl (C=O) groups is 1. The molecule has 0 atom stereocenters. The average Bonchev–Trinajstić information content (AvgIpc) is 3.08. The molecule has 1 aromatic carbocycles. The lowest BCUT2D eigenvalue weighted by atomic mass is 10.2. The van der Waals surface area contributed by atoms with Gasteiger partial charge in [-0.15, -0.1) is 0 Å². The summed E-state index contributed by atoms with van der Waals surface area (Å²) in [6.07, 6.45) is 2.97. The smallest absolute Gasteiger partial charge is 0.329 e. The SMILES string of the molecule is CCCn1c(=O)n(CCC(=O)NCc2ccc(N3CCN(C)CC3)nc2)c2ccccc21. The third kappa shape index (κ3) is 4.85. The van der Waals surface area contributed by atoms with Gasteiger partial charge < -0.3 is 15.1 Å². The maximum atomic E-state index is 12.8. The summed E-state index contributed by atoms with van der Waals surface area (Å²) < 4.78 is 3.50. The number of hydrogen-bond acceptors (Lipinski definition) is 5. The number of piperazine rings is 1. The Bertz CT molecular complexity index is 1110. The van der Waals surface area contributed by atoms with Gasteiger partial charge in [0.25, 0.3) is 0 Å². The highest BCUT2D eigenvalue weighted by atomic mass is 16.2. The van der Waals surface area contributed by atoms with E-state index >= 15 is 0 Å². The number of nitrogens with zero attached hydrogens (tertiary/aromatic N) is 5. The minimum atomic E-state index is -0.0765. The molecule has 8 nitrogen and oxygen atoms in total. The maximum absolute atomic E-state index is 12.8. The minimum absolute atomic E-state index is 0.0513. The highest BCUT2D eigenvalue weighted by Crippen LogP contribution is 2.15. The van der Waals surface area contributed by atoms with E-state index in [1.165, 1.54) is 0 Å². The number of anilines is 1. The van der Waals surface area contributed by atoms with Crippen molar-refractivity contribution in [3.05, 3.63) is 58.6 Å². The first-order chi connectivity index (χ1) is 15.6. The number of likely N-dealkylation sites (N-methyl/N-ethyl adjacent to an activating group) is 1. The average molecular weight is 437 g/mol. The number of fused-ring (bicyclic) bond motifs is 1. The largest absolute Gasteiger partial charge is 0.354 e. The Morgan fingerprint density at radius 1 is 1.00 bits per heavy atom. The molecule has 0 aliphatic carbocycles. The summed E-state index contributed by atoms with van der Waals surface area (Å²) in [4.78, 5) is 34.5. The Morgan fingerprint density at radius 3 is 2.31 bits per heavy atom. The number of imidazole rings is 1. The van der Waals surface area contributed by atoms with E-state index in [-0.39, 0.29) is 18.0 Å². The van der Waals surface area contributed by atoms with Gasteiger partial charge in [-0.3, -0.25) is 13.9 Å². The number of hydrogen-bond donors (Lipinski definition) is 1. The predicted octanol–water partition coefficient (Wildman–Crippen LogP) is 2.07. The molecule has 1 amide bonds. The minimum Gasteiger partial charge on any atom is -0.354 e. The molecule has 1 saturated heterocycles. The van der Waals surface area contributed by atoms with Gasteiger partial charge in [0.1, 0.15) is 5.82 Å². The number of aromatic nitrogens is 3. The lowest BCUT2D eigenvalue weighted by Crippen LogP contribution is -2.44. The third-order valence-electron chi connectivity index (χ3n) is 6.06. The van der Waals surface area contributed by atoms with Gasteiger partial charge in [0.2, 0.25) is 5.91 Å². The van der Waals surface area contributed by atoms with Crippen LogP contribution in [0.3, 0.4) is 0 Å². The van der Waals surface area contributed by atoms with E-state index < -0.39 is 0 Å². The lowest BCUT2D eigenvalue weighted by Gasteiger charge is -2.33. The van der Waals surface area contributed by atoms with E-state index in [1.807, 2.05) is 42.6 Å². The summed E-state index contributed by atoms with van der Waals surface area (Å²) in [5.74, 6) is 0.906. The van der Waals surface area contributed by atoms with Crippen molar-refractivity contribution in [3.8, 4) is 0 Å². The van der Waals surface area contributed by atoms with Crippen molar-refractivity contribution in [2.75, 3.05) is 38.1 Å². The van der Waals surface area contributed by atoms with Crippen molar-refractivity contribution in [1.82, 2.24) is 24.3 Å². The number of amides is 1. The molecule has 1 fully saturated rings. The molecule has 0 spiro atoms. The number of benzene rings is 1. The Labute approximate surface area is 188 Å². The van der Waals surface area contributed by atoms with Gasteiger partial charge >= 0.3 is 5.69 Å². The summed E-state index contributed by atoms with van der Waals surface area (Å²) in [5, 5.41) is 2.95. The zero-order chi connectivity index (χ0) is 22.5. The topological polar surface area (TPSA) is 75.4 Å². The van der Waals surface area contributed by atoms with E-state index in [0.29, 0.717) is 19.6 Å². The lowest BCUT2D eigenvalue weighted by molar-refractivity contribution is -0.121. The predicted molar refractivity (Wildman–Crippen MR) is 127 cm³/mol. The van der Waals surface area contributed by atoms with E-state index in [2.05, 4.69) is 34.1 Å². The molecule has 8 heteroatoms. The van der Waals surface area contributed by atoms with Crippen molar-refractivity contribution >= 4 is 22.8 Å². The molecule has 2 aromatic heterocycles. The highest BCUT2D eigenvalue weighted by molar-refractivity contribution is 5.78. The van der Waals surface area contributed by atoms with Crippen molar-refractivity contribution < 1.29 is 4.79 Å². The first-order valence-electron chi connectivity index (χ1n) is 11.4. The summed E-state index contributed by atoms with van der Waals surface area (Å²) in [6, 6.07) is 11.8. The zero-order valence-corrected chi connectivity index (χ0v) is 19.0. The second-order valence-corrected chi connectivity index (χ2v) is 8.42. The second-order valence-electron chi connectivity index (χ2n) is 8.42. The molecule has 0 bridgehead atoms. The van der Waals surface area contributed by atoms with Crippen LogP contribution in [-0.2, 0) is 24.4 Å². The number of aryl methyl sites for hydroxylation is 2. The first-order valence-corrected chi connectivity index (χ1v) is 11.4. The Hall–Kier alpha value is -3.13. The first kappa shape index (κ1) is 22.1. The van der Waals surface area contributed by atoms with Gasteiger partial charge in [0, 0.05) is 58.4 Å². The second kappa shape index (κ2) is 9.99. The molecular formula is C24H32N6O2. The molecule has 3 heterocycles. The van der Waals surface area contributed by atoms with Crippen LogP contribution in [0.1, 0.15) is 25.3 Å². The molecule has 170 valence electrons. The van der Waals surface area contributed by atoms with Crippen molar-refractivity contribution in [1.29, 1.82) is 0 Å². The number of pyridine rings is 1. The van der Waals surface area contributed by atoms with Crippen molar-refractivity contribution in [3.63, 3.8) is 0 Å². The molecule has 32 heavy (non-hydrogen) atoms. The van der Waals surface area contributed by atoms with Gasteiger partial charge in [-0.25, -0.2) is 9.78 Å². The van der Waals surface area contributed by atoms with Gasteiger partial charge in [0.15, 0.2) is 0 Å². The van der Waals surface area contributed by atoms with Crippen LogP contribution >= 0.6 is 0 Å². The molecule has 1 aliphatic heterocycles. The Kier molecular flexibility index (Phi) is 6.90. The van der Waals surface area contributed by atoms with Gasteiger partial charge in [0.05, 0.1) is 11.0 Å². The van der Waals surface area contributed by atoms with E-state index in [0.717, 1.165) is 55.0 Å². The normalized spacial score (nSPS) is 14.8. The summed E-state index contributed by atoms with van der Waals surface area (Å²) in [7, 11) is 2.14. The third-order valence-corrected chi connectivity index (χ3v) is 6.06. The van der Waals surface area contributed by atoms with Crippen LogP contribution in [-0.4, -0.2) is 58.2 Å². The fourth-order valence-corrected chi connectivity index (χ4v) is 4.17. The number of rotatable bonds is 8. The monoisotopic (exact) mass is 436 g/mol. The Morgan fingerprint density at radius 2 is 1.69 bits per heavy atom. The van der Waals surface area contributed by atoms with Crippen molar-refractivity contribution in [2.45, 2.75) is 39.4 Å². The Balaban J connectivity index is 1.32. The summed E-state index contributed by atoms with van der Waals surface area (Å²) in [5.41, 5.74) is 2.71. The quantitative estimate of drug-likeness (QED) is 0.585. The van der Waals surface area contributed by atoms with Crippen LogP contribution in [0.15, 0.2) is 47.4 Å². The molecule has 4 rings (SSSR count). The zero-order valence-electron chi connectivity index (χ0n) is 19.0. The van der Waals surface area contributed by atoms with Crippen LogP contribution in [0.4, 0.5) is 5.82 Å². The fourth-order valence-electron chi connectivity index (χ4n) is 4.17. The van der Waals surface area contributed by atoms with E-state index in [1.54, 1.807) is 9.13 Å². The van der Waals surface area contributed by atoms with Crippen molar-refractivity contribution in [2.24, 2.45) is 0 Å². The number of nitrogens with one attached hydrogen (secondary N) is 1. The molecule has 0 saturated carbocycles. The molecule has 3 aromatic rings. The van der Waals surface area contributed by atoms with E-state index in [9.17, 15) is 9.59 Å². The van der Waals surface area contributed by atoms with Crippen LogP contribution in [0, 0.1) is 0 Å². The number of carbonyl (C=O) groups excluding carboxylic acids is 1. The molecular weight excluding hydrogens is 404 g/mol. The summed E-state index contributed by atoms with van der Waals surface area (Å²) >= 11 is 0. The summed E-state index contributed by atoms with van der Waals surface area (Å²) in [6.45, 7) is 7.57. The maximum Gasteiger partial charge on any atom is 0.329 e. The van der Waals surface area contributed by atoms with Crippen LogP contribution < -0.4 is 15.9 Å². The van der Waals surface area contributed by atoms with Crippen LogP contribution in [0.2, 0.25) is 0 Å². The van der Waals surface area contributed by atoms with Crippen LogP contribution in [0.25, 0.3) is 11.0 Å². The van der Waals surface area contributed by atoms with Gasteiger partial charge in [-0.05, 0) is 37.2 Å². The standard InChI is InChI=1S/C24H32N6O2/c1-3-11-29-20-6-4-5-7-21(20)30(24(29)32)12-10-23(31)26-18-19-8-9-22(25-17-19)28-15-13-27(2)14-16-28/h4-9,17H,3,10-16,18H2,1-2H3,(H,26,31). The van der Waals surface area contributed by atoms with Gasteiger partial charge in [-0.2, -0.15) is 0 Å². The molecule has 1 N–H and O–H groups in total. The fraction of sp³-hybridized carbons (Fsp3) is 0.458. The van der Waals surface area contributed by atoms with Crippen LogP contribution in [0.5, 0.6) is 0 Å². The highest BCUT2D eigenvalue weighted by Gasteiger charge is 2.15. The molecule has 0 radical (unpaired) electrons. The van der Waals surface area contributed by atoms with E-state index in [4.69, 9.17) is 0 Å². The van der Waals surface area contributed by atoms with Gasteiger partial charge in [-0.1, -0.05) is 25.1 Å². The number of para-hydroxylation sites is 2.